The number of halogens is 3. The van der Waals surface area contributed by atoms with Crippen molar-refractivity contribution >= 4 is 29.5 Å². The molecule has 2 amide bonds. The van der Waals surface area contributed by atoms with Gasteiger partial charge in [-0.05, 0) is 68.6 Å². The molecule has 10 nitrogen and oxygen atoms in total. The van der Waals surface area contributed by atoms with E-state index >= 15 is 0 Å². The highest BCUT2D eigenvalue weighted by Gasteiger charge is 2.42. The molecule has 3 fully saturated rings. The Morgan fingerprint density at radius 3 is 2.31 bits per heavy atom. The van der Waals surface area contributed by atoms with Crippen molar-refractivity contribution < 1.29 is 31.9 Å². The van der Waals surface area contributed by atoms with E-state index in [-0.39, 0.29) is 23.9 Å². The number of amides is 2. The summed E-state index contributed by atoms with van der Waals surface area (Å²) in [6, 6.07) is 13.0. The number of rotatable bonds is 6. The molecule has 2 aliphatic heterocycles. The predicted molar refractivity (Wildman–Crippen MR) is 161 cm³/mol. The highest BCUT2D eigenvalue weighted by molar-refractivity contribution is 6.03. The minimum Gasteiger partial charge on any atom is -0.446 e. The summed E-state index contributed by atoms with van der Waals surface area (Å²) >= 11 is 0. The molecule has 0 atom stereocenters. The molecule has 3 aromatic rings. The molecule has 0 radical (unpaired) electrons. The number of hydrogen-bond donors (Lipinski definition) is 1. The summed E-state index contributed by atoms with van der Waals surface area (Å²) in [7, 11) is 0. The van der Waals surface area contributed by atoms with E-state index in [0.717, 1.165) is 44.9 Å². The zero-order chi connectivity index (χ0) is 31.4. The highest BCUT2D eigenvalue weighted by Crippen LogP contribution is 2.36. The number of pyridine rings is 1. The second-order valence-corrected chi connectivity index (χ2v) is 11.8. The Labute approximate surface area is 259 Å². The SMILES string of the molecule is O=C(Nc1ccc(N2CCCN(C(=O)OC3CCCC3)CC2)nc1)c1oc(N2CCC(c3ccccc3)CC2)nc1C(F)(F)F. The first-order chi connectivity index (χ1) is 21.7. The first kappa shape index (κ1) is 30.7. The van der Waals surface area contributed by atoms with Crippen molar-refractivity contribution in [3.8, 4) is 0 Å². The quantitative estimate of drug-likeness (QED) is 0.339. The molecule has 2 aromatic heterocycles. The van der Waals surface area contributed by atoms with Crippen LogP contribution in [0.1, 0.15) is 72.7 Å². The summed E-state index contributed by atoms with van der Waals surface area (Å²) < 4.78 is 52.9. The van der Waals surface area contributed by atoms with E-state index in [1.54, 1.807) is 21.9 Å². The number of benzene rings is 1. The molecule has 240 valence electrons. The zero-order valence-electron chi connectivity index (χ0n) is 25.0. The summed E-state index contributed by atoms with van der Waals surface area (Å²) in [4.78, 5) is 39.2. The third-order valence-electron chi connectivity index (χ3n) is 8.78. The first-order valence-electron chi connectivity index (χ1n) is 15.6. The van der Waals surface area contributed by atoms with Gasteiger partial charge in [0.15, 0.2) is 5.69 Å². The molecular formula is C32H37F3N6O4. The molecule has 45 heavy (non-hydrogen) atoms. The number of carbonyl (C=O) groups is 2. The van der Waals surface area contributed by atoms with Crippen LogP contribution in [0.2, 0.25) is 0 Å². The number of carbonyl (C=O) groups excluding carboxylic acids is 2. The minimum absolute atomic E-state index is 0.00879. The van der Waals surface area contributed by atoms with Gasteiger partial charge >= 0.3 is 12.3 Å². The van der Waals surface area contributed by atoms with Crippen molar-refractivity contribution in [2.24, 2.45) is 0 Å². The van der Waals surface area contributed by atoms with Crippen LogP contribution in [0.4, 0.5) is 35.5 Å². The summed E-state index contributed by atoms with van der Waals surface area (Å²) in [5.74, 6) is -1.01. The molecule has 0 spiro atoms. The number of piperidine rings is 1. The van der Waals surface area contributed by atoms with Gasteiger partial charge in [0.1, 0.15) is 11.9 Å². The number of anilines is 3. The van der Waals surface area contributed by atoms with Gasteiger partial charge in [0, 0.05) is 39.3 Å². The fourth-order valence-corrected chi connectivity index (χ4v) is 6.31. The lowest BCUT2D eigenvalue weighted by atomic mass is 9.90. The Morgan fingerprint density at radius 1 is 0.867 bits per heavy atom. The third kappa shape index (κ3) is 7.34. The van der Waals surface area contributed by atoms with Crippen LogP contribution in [-0.4, -0.2) is 72.2 Å². The average molecular weight is 627 g/mol. The number of nitrogens with zero attached hydrogens (tertiary/aromatic N) is 5. The summed E-state index contributed by atoms with van der Waals surface area (Å²) in [6.07, 6.45) is 2.46. The topological polar surface area (TPSA) is 104 Å². The second kappa shape index (κ2) is 13.4. The number of nitrogens with one attached hydrogen (secondary N) is 1. The normalized spacial score (nSPS) is 18.6. The lowest BCUT2D eigenvalue weighted by Crippen LogP contribution is -2.37. The Kier molecular flexibility index (Phi) is 9.13. The van der Waals surface area contributed by atoms with Crippen LogP contribution in [0, 0.1) is 0 Å². The Hall–Kier alpha value is -4.29. The highest BCUT2D eigenvalue weighted by atomic mass is 19.4. The number of oxazole rings is 1. The molecule has 1 aliphatic carbocycles. The van der Waals surface area contributed by atoms with E-state index in [0.29, 0.717) is 51.0 Å². The standard InChI is InChI=1S/C32H37F3N6O4/c33-32(34,35)28-27(45-30(38-28)40-17-13-23(14-18-40)22-7-2-1-3-8-22)29(42)37-24-11-12-26(36-21-24)39-15-6-16-41(20-19-39)31(43)44-25-9-4-5-10-25/h1-3,7-8,11-12,21,23,25H,4-6,9-10,13-20H2,(H,37,42). The van der Waals surface area contributed by atoms with E-state index < -0.39 is 23.5 Å². The first-order valence-corrected chi connectivity index (χ1v) is 15.6. The molecule has 0 bridgehead atoms. The van der Waals surface area contributed by atoms with Crippen LogP contribution < -0.4 is 15.1 Å². The van der Waals surface area contributed by atoms with Gasteiger partial charge in [0.05, 0.1) is 11.9 Å². The number of ether oxygens (including phenoxy) is 1. The van der Waals surface area contributed by atoms with E-state index in [4.69, 9.17) is 9.15 Å². The predicted octanol–water partition coefficient (Wildman–Crippen LogP) is 6.32. The molecule has 2 saturated heterocycles. The maximum atomic E-state index is 13.9. The average Bonchev–Trinajstić information content (AvgIpc) is 3.67. The van der Waals surface area contributed by atoms with Gasteiger partial charge in [-0.1, -0.05) is 30.3 Å². The number of aromatic nitrogens is 2. The molecule has 0 unspecified atom stereocenters. The van der Waals surface area contributed by atoms with Crippen LogP contribution in [0.3, 0.4) is 0 Å². The van der Waals surface area contributed by atoms with Crippen LogP contribution in [0.25, 0.3) is 0 Å². The summed E-state index contributed by atoms with van der Waals surface area (Å²) in [5, 5.41) is 2.47. The van der Waals surface area contributed by atoms with Crippen molar-refractivity contribution in [1.82, 2.24) is 14.9 Å². The minimum atomic E-state index is -4.87. The molecule has 3 aliphatic rings. The Morgan fingerprint density at radius 2 is 1.62 bits per heavy atom. The van der Waals surface area contributed by atoms with E-state index in [1.807, 2.05) is 23.1 Å². The van der Waals surface area contributed by atoms with Crippen molar-refractivity contribution in [3.63, 3.8) is 0 Å². The molecule has 4 heterocycles. The van der Waals surface area contributed by atoms with E-state index in [1.165, 1.54) is 11.8 Å². The second-order valence-electron chi connectivity index (χ2n) is 11.8. The molecule has 1 aromatic carbocycles. The molecule has 13 heteroatoms. The van der Waals surface area contributed by atoms with Crippen LogP contribution in [0.5, 0.6) is 0 Å². The zero-order valence-corrected chi connectivity index (χ0v) is 25.0. The maximum Gasteiger partial charge on any atom is 0.437 e. The molecule has 1 N–H and O–H groups in total. The van der Waals surface area contributed by atoms with Crippen molar-refractivity contribution in [1.29, 1.82) is 0 Å². The molecular weight excluding hydrogens is 589 g/mol. The summed E-state index contributed by atoms with van der Waals surface area (Å²) in [6.45, 7) is 3.21. The van der Waals surface area contributed by atoms with Gasteiger partial charge in [-0.2, -0.15) is 18.2 Å². The fourth-order valence-electron chi connectivity index (χ4n) is 6.31. The van der Waals surface area contributed by atoms with Crippen LogP contribution >= 0.6 is 0 Å². The van der Waals surface area contributed by atoms with E-state index in [2.05, 4.69) is 27.4 Å². The van der Waals surface area contributed by atoms with Gasteiger partial charge in [-0.25, -0.2) is 9.78 Å². The van der Waals surface area contributed by atoms with E-state index in [9.17, 15) is 22.8 Å². The molecule has 6 rings (SSSR count). The van der Waals surface area contributed by atoms with Gasteiger partial charge in [0.2, 0.25) is 5.76 Å². The Balaban J connectivity index is 1.07. The van der Waals surface area contributed by atoms with Crippen molar-refractivity contribution in [2.75, 3.05) is 54.4 Å². The van der Waals surface area contributed by atoms with Gasteiger partial charge in [-0.3, -0.25) is 4.79 Å². The van der Waals surface area contributed by atoms with Gasteiger partial charge in [0.25, 0.3) is 11.9 Å². The largest absolute Gasteiger partial charge is 0.446 e. The van der Waals surface area contributed by atoms with Crippen molar-refractivity contribution in [3.05, 3.63) is 65.7 Å². The lowest BCUT2D eigenvalue weighted by molar-refractivity contribution is -0.141. The van der Waals surface area contributed by atoms with Crippen LogP contribution in [0.15, 0.2) is 53.1 Å². The number of alkyl halides is 3. The smallest absolute Gasteiger partial charge is 0.437 e. The maximum absolute atomic E-state index is 13.9. The van der Waals surface area contributed by atoms with Crippen molar-refractivity contribution in [2.45, 2.75) is 63.1 Å². The van der Waals surface area contributed by atoms with Gasteiger partial charge < -0.3 is 29.2 Å². The van der Waals surface area contributed by atoms with Crippen LogP contribution in [-0.2, 0) is 10.9 Å². The molecule has 1 saturated carbocycles. The fraction of sp³-hybridized carbons (Fsp3) is 0.500. The third-order valence-corrected chi connectivity index (χ3v) is 8.78. The lowest BCUT2D eigenvalue weighted by Gasteiger charge is -2.31. The van der Waals surface area contributed by atoms with Gasteiger partial charge in [-0.15, -0.1) is 0 Å². The monoisotopic (exact) mass is 626 g/mol. The summed E-state index contributed by atoms with van der Waals surface area (Å²) in [5.41, 5.74) is 0.0535. The number of hydrogen-bond acceptors (Lipinski definition) is 8. The Bertz CT molecular complexity index is 1450.